The Morgan fingerprint density at radius 2 is 1.76 bits per heavy atom. The summed E-state index contributed by atoms with van der Waals surface area (Å²) < 4.78 is 11.3. The van der Waals surface area contributed by atoms with Gasteiger partial charge in [0.15, 0.2) is 6.61 Å². The van der Waals surface area contributed by atoms with E-state index in [1.54, 1.807) is 0 Å². The summed E-state index contributed by atoms with van der Waals surface area (Å²) in [5.74, 6) is 1.77. The molecular weight excluding hydrogens is 264 g/mol. The maximum absolute atomic E-state index is 5.64. The average molecular weight is 280 g/mol. The van der Waals surface area contributed by atoms with Gasteiger partial charge in [-0.3, -0.25) is 0 Å². The second-order valence-electron chi connectivity index (χ2n) is 4.97. The lowest BCUT2D eigenvalue weighted by atomic mass is 10.1. The standard InChI is InChI=1S/C17H16N2O2/c1-12-6-8-14(9-7-12)17-19-18-16(21-17)11-20-15-5-3-4-13(2)10-15/h3-10H,11H2,1-2H3. The zero-order chi connectivity index (χ0) is 14.7. The molecule has 0 amide bonds. The second-order valence-corrected chi connectivity index (χ2v) is 4.97. The highest BCUT2D eigenvalue weighted by atomic mass is 16.5. The molecule has 4 nitrogen and oxygen atoms in total. The predicted octanol–water partition coefficient (Wildman–Crippen LogP) is 3.93. The first-order valence-electron chi connectivity index (χ1n) is 6.79. The second kappa shape index (κ2) is 5.79. The summed E-state index contributed by atoms with van der Waals surface area (Å²) in [6.45, 7) is 4.33. The molecule has 0 aliphatic heterocycles. The van der Waals surface area contributed by atoms with Crippen LogP contribution in [-0.2, 0) is 6.61 Å². The molecule has 0 bridgehead atoms. The maximum atomic E-state index is 5.64. The number of hydrogen-bond acceptors (Lipinski definition) is 4. The van der Waals surface area contributed by atoms with Gasteiger partial charge in [-0.2, -0.15) is 0 Å². The topological polar surface area (TPSA) is 48.2 Å². The van der Waals surface area contributed by atoms with Crippen LogP contribution in [0.15, 0.2) is 52.9 Å². The van der Waals surface area contributed by atoms with E-state index in [9.17, 15) is 0 Å². The number of rotatable bonds is 4. The van der Waals surface area contributed by atoms with Crippen molar-refractivity contribution in [1.82, 2.24) is 10.2 Å². The molecule has 21 heavy (non-hydrogen) atoms. The van der Waals surface area contributed by atoms with Gasteiger partial charge in [0.2, 0.25) is 5.89 Å². The summed E-state index contributed by atoms with van der Waals surface area (Å²) in [5, 5.41) is 8.06. The molecule has 0 atom stereocenters. The van der Waals surface area contributed by atoms with Crippen LogP contribution in [0.25, 0.3) is 11.5 Å². The van der Waals surface area contributed by atoms with Gasteiger partial charge in [0.25, 0.3) is 5.89 Å². The Morgan fingerprint density at radius 1 is 0.952 bits per heavy atom. The SMILES string of the molecule is Cc1ccc(-c2nnc(COc3cccc(C)c3)o2)cc1. The Bertz CT molecular complexity index is 733. The van der Waals surface area contributed by atoms with Gasteiger partial charge >= 0.3 is 0 Å². The van der Waals surface area contributed by atoms with Gasteiger partial charge in [0.1, 0.15) is 5.75 Å². The number of aromatic nitrogens is 2. The summed E-state index contributed by atoms with van der Waals surface area (Å²) in [6.07, 6.45) is 0. The lowest BCUT2D eigenvalue weighted by Gasteiger charge is -2.03. The smallest absolute Gasteiger partial charge is 0.254 e. The Labute approximate surface area is 123 Å². The monoisotopic (exact) mass is 280 g/mol. The number of aryl methyl sites for hydroxylation is 2. The summed E-state index contributed by atoms with van der Waals surface area (Å²) >= 11 is 0. The summed E-state index contributed by atoms with van der Waals surface area (Å²) in [6, 6.07) is 15.8. The van der Waals surface area contributed by atoms with E-state index < -0.39 is 0 Å². The average Bonchev–Trinajstić information content (AvgIpc) is 2.95. The van der Waals surface area contributed by atoms with Crippen molar-refractivity contribution in [3.63, 3.8) is 0 Å². The van der Waals surface area contributed by atoms with Crippen LogP contribution >= 0.6 is 0 Å². The molecular formula is C17H16N2O2. The van der Waals surface area contributed by atoms with E-state index in [4.69, 9.17) is 9.15 Å². The molecule has 0 saturated heterocycles. The third-order valence-corrected chi connectivity index (χ3v) is 3.12. The van der Waals surface area contributed by atoms with E-state index in [1.807, 2.05) is 62.4 Å². The maximum Gasteiger partial charge on any atom is 0.254 e. The van der Waals surface area contributed by atoms with Crippen LogP contribution in [0.5, 0.6) is 5.75 Å². The molecule has 0 radical (unpaired) electrons. The van der Waals surface area contributed by atoms with Crippen molar-refractivity contribution in [2.24, 2.45) is 0 Å². The van der Waals surface area contributed by atoms with Crippen LogP contribution in [0.4, 0.5) is 0 Å². The predicted molar refractivity (Wildman–Crippen MR) is 80.0 cm³/mol. The molecule has 106 valence electrons. The fourth-order valence-electron chi connectivity index (χ4n) is 1.97. The molecule has 1 aromatic heterocycles. The fourth-order valence-corrected chi connectivity index (χ4v) is 1.97. The first-order valence-corrected chi connectivity index (χ1v) is 6.79. The first-order chi connectivity index (χ1) is 10.2. The highest BCUT2D eigenvalue weighted by Gasteiger charge is 2.08. The highest BCUT2D eigenvalue weighted by molar-refractivity contribution is 5.52. The summed E-state index contributed by atoms with van der Waals surface area (Å²) in [4.78, 5) is 0. The molecule has 0 saturated carbocycles. The van der Waals surface area contributed by atoms with Crippen LogP contribution in [-0.4, -0.2) is 10.2 Å². The Hall–Kier alpha value is -2.62. The third kappa shape index (κ3) is 3.28. The van der Waals surface area contributed by atoms with Crippen molar-refractivity contribution >= 4 is 0 Å². The molecule has 0 unspecified atom stereocenters. The van der Waals surface area contributed by atoms with E-state index in [2.05, 4.69) is 10.2 Å². The Kier molecular flexibility index (Phi) is 3.69. The van der Waals surface area contributed by atoms with Crippen molar-refractivity contribution in [1.29, 1.82) is 0 Å². The van der Waals surface area contributed by atoms with E-state index in [0.717, 1.165) is 16.9 Å². The number of hydrogen-bond donors (Lipinski definition) is 0. The molecule has 4 heteroatoms. The van der Waals surface area contributed by atoms with E-state index in [1.165, 1.54) is 5.56 Å². The van der Waals surface area contributed by atoms with Gasteiger partial charge in [-0.25, -0.2) is 0 Å². The minimum Gasteiger partial charge on any atom is -0.484 e. The van der Waals surface area contributed by atoms with Gasteiger partial charge in [-0.05, 0) is 43.7 Å². The van der Waals surface area contributed by atoms with Crippen LogP contribution in [0.3, 0.4) is 0 Å². The van der Waals surface area contributed by atoms with Crippen LogP contribution in [0.1, 0.15) is 17.0 Å². The minimum absolute atomic E-state index is 0.266. The third-order valence-electron chi connectivity index (χ3n) is 3.12. The lowest BCUT2D eigenvalue weighted by molar-refractivity contribution is 0.264. The molecule has 0 aliphatic rings. The van der Waals surface area contributed by atoms with Gasteiger partial charge in [0.05, 0.1) is 0 Å². The van der Waals surface area contributed by atoms with Crippen LogP contribution < -0.4 is 4.74 Å². The number of nitrogens with zero attached hydrogens (tertiary/aromatic N) is 2. The minimum atomic E-state index is 0.266. The van der Waals surface area contributed by atoms with E-state index >= 15 is 0 Å². The Morgan fingerprint density at radius 3 is 2.52 bits per heavy atom. The van der Waals surface area contributed by atoms with Crippen molar-refractivity contribution in [2.75, 3.05) is 0 Å². The quantitative estimate of drug-likeness (QED) is 0.726. The Balaban J connectivity index is 1.69. The van der Waals surface area contributed by atoms with Crippen LogP contribution in [0, 0.1) is 13.8 Å². The summed E-state index contributed by atoms with van der Waals surface area (Å²) in [5.41, 5.74) is 3.26. The molecule has 0 spiro atoms. The summed E-state index contributed by atoms with van der Waals surface area (Å²) in [7, 11) is 0. The molecule has 0 N–H and O–H groups in total. The molecule has 2 aromatic carbocycles. The van der Waals surface area contributed by atoms with E-state index in [0.29, 0.717) is 11.8 Å². The van der Waals surface area contributed by atoms with Gasteiger partial charge in [-0.1, -0.05) is 29.8 Å². The van der Waals surface area contributed by atoms with Crippen molar-refractivity contribution in [3.05, 3.63) is 65.5 Å². The van der Waals surface area contributed by atoms with Gasteiger partial charge in [0, 0.05) is 5.56 Å². The number of ether oxygens (including phenoxy) is 1. The molecule has 3 aromatic rings. The molecule has 3 rings (SSSR count). The zero-order valence-corrected chi connectivity index (χ0v) is 12.0. The zero-order valence-electron chi connectivity index (χ0n) is 12.0. The fraction of sp³-hybridized carbons (Fsp3) is 0.176. The normalized spacial score (nSPS) is 10.6. The number of benzene rings is 2. The van der Waals surface area contributed by atoms with Crippen molar-refractivity contribution in [3.8, 4) is 17.2 Å². The first kappa shape index (κ1) is 13.4. The van der Waals surface area contributed by atoms with Gasteiger partial charge in [-0.15, -0.1) is 10.2 Å². The lowest BCUT2D eigenvalue weighted by Crippen LogP contribution is -1.95. The van der Waals surface area contributed by atoms with Gasteiger partial charge < -0.3 is 9.15 Å². The van der Waals surface area contributed by atoms with Crippen molar-refractivity contribution in [2.45, 2.75) is 20.5 Å². The molecule has 0 fully saturated rings. The van der Waals surface area contributed by atoms with Crippen molar-refractivity contribution < 1.29 is 9.15 Å². The van der Waals surface area contributed by atoms with E-state index in [-0.39, 0.29) is 6.61 Å². The van der Waals surface area contributed by atoms with Crippen LogP contribution in [0.2, 0.25) is 0 Å². The molecule has 1 heterocycles. The highest BCUT2D eigenvalue weighted by Crippen LogP contribution is 2.19. The molecule has 0 aliphatic carbocycles. The largest absolute Gasteiger partial charge is 0.484 e.